The molecule has 0 saturated carbocycles. The van der Waals surface area contributed by atoms with Crippen molar-refractivity contribution in [2.24, 2.45) is 0 Å². The van der Waals surface area contributed by atoms with Gasteiger partial charge in [0.25, 0.3) is 11.5 Å². The molecule has 2 heterocycles. The Morgan fingerprint density at radius 3 is 2.32 bits per heavy atom. The SMILES string of the molecule is CCOC(=O)N1CCN(C(=O)c2c(C)nc(C)[nH]c2=O)CC1. The van der Waals surface area contributed by atoms with Gasteiger partial charge >= 0.3 is 6.09 Å². The topological polar surface area (TPSA) is 95.6 Å². The van der Waals surface area contributed by atoms with E-state index in [0.717, 1.165) is 0 Å². The van der Waals surface area contributed by atoms with Crippen LogP contribution in [0.25, 0.3) is 0 Å². The second-order valence-electron chi connectivity index (χ2n) is 5.09. The molecule has 0 radical (unpaired) electrons. The van der Waals surface area contributed by atoms with E-state index in [1.807, 2.05) is 0 Å². The van der Waals surface area contributed by atoms with Crippen LogP contribution in [0.3, 0.4) is 0 Å². The molecule has 0 spiro atoms. The van der Waals surface area contributed by atoms with E-state index in [1.54, 1.807) is 30.6 Å². The van der Waals surface area contributed by atoms with Gasteiger partial charge < -0.3 is 19.5 Å². The van der Waals surface area contributed by atoms with Crippen LogP contribution in [0.5, 0.6) is 0 Å². The Labute approximate surface area is 128 Å². The zero-order chi connectivity index (χ0) is 16.3. The molecule has 1 saturated heterocycles. The van der Waals surface area contributed by atoms with Crippen LogP contribution in [0.1, 0.15) is 28.8 Å². The minimum Gasteiger partial charge on any atom is -0.450 e. The molecule has 0 unspecified atom stereocenters. The Morgan fingerprint density at radius 2 is 1.77 bits per heavy atom. The molecule has 2 rings (SSSR count). The highest BCUT2D eigenvalue weighted by molar-refractivity contribution is 5.95. The van der Waals surface area contributed by atoms with E-state index >= 15 is 0 Å². The number of hydrogen-bond acceptors (Lipinski definition) is 5. The van der Waals surface area contributed by atoms with Crippen molar-refractivity contribution in [3.8, 4) is 0 Å². The van der Waals surface area contributed by atoms with Crippen molar-refractivity contribution >= 4 is 12.0 Å². The number of aromatic nitrogens is 2. The summed E-state index contributed by atoms with van der Waals surface area (Å²) in [5.41, 5.74) is 0.0529. The maximum atomic E-state index is 12.5. The normalized spacial score (nSPS) is 14.9. The summed E-state index contributed by atoms with van der Waals surface area (Å²) in [7, 11) is 0. The van der Waals surface area contributed by atoms with Crippen LogP contribution in [-0.4, -0.2) is 64.6 Å². The predicted octanol–water partition coefficient (Wildman–Crippen LogP) is 0.301. The lowest BCUT2D eigenvalue weighted by Crippen LogP contribution is -2.51. The van der Waals surface area contributed by atoms with Crippen LogP contribution in [0.2, 0.25) is 0 Å². The molecule has 2 amide bonds. The van der Waals surface area contributed by atoms with Crippen molar-refractivity contribution in [3.05, 3.63) is 27.4 Å². The molecule has 1 aliphatic heterocycles. The van der Waals surface area contributed by atoms with E-state index < -0.39 is 5.56 Å². The maximum absolute atomic E-state index is 12.5. The molecule has 1 aromatic rings. The van der Waals surface area contributed by atoms with Crippen molar-refractivity contribution in [1.29, 1.82) is 0 Å². The van der Waals surface area contributed by atoms with E-state index in [1.165, 1.54) is 0 Å². The lowest BCUT2D eigenvalue weighted by Gasteiger charge is -2.34. The quantitative estimate of drug-likeness (QED) is 0.848. The third-order valence-corrected chi connectivity index (χ3v) is 3.53. The number of nitrogens with zero attached hydrogens (tertiary/aromatic N) is 3. The van der Waals surface area contributed by atoms with Gasteiger partial charge in [0.1, 0.15) is 11.4 Å². The Kier molecular flexibility index (Phi) is 4.79. The molecule has 22 heavy (non-hydrogen) atoms. The first kappa shape index (κ1) is 16.0. The third kappa shape index (κ3) is 3.26. The number of amides is 2. The fraction of sp³-hybridized carbons (Fsp3) is 0.571. The van der Waals surface area contributed by atoms with Gasteiger partial charge in [-0.2, -0.15) is 0 Å². The minimum atomic E-state index is -0.428. The molecule has 120 valence electrons. The van der Waals surface area contributed by atoms with E-state index in [4.69, 9.17) is 4.74 Å². The smallest absolute Gasteiger partial charge is 0.409 e. The molecule has 1 aliphatic rings. The standard InChI is InChI=1S/C14H20N4O4/c1-4-22-14(21)18-7-5-17(6-8-18)13(20)11-9(2)15-10(3)16-12(11)19/h4-8H2,1-3H3,(H,15,16,19). The lowest BCUT2D eigenvalue weighted by atomic mass is 10.2. The number of carbonyl (C=O) groups is 2. The summed E-state index contributed by atoms with van der Waals surface area (Å²) < 4.78 is 4.93. The third-order valence-electron chi connectivity index (χ3n) is 3.53. The Hall–Kier alpha value is -2.38. The highest BCUT2D eigenvalue weighted by Crippen LogP contribution is 2.09. The van der Waals surface area contributed by atoms with Gasteiger partial charge in [-0.3, -0.25) is 9.59 Å². The molecule has 1 N–H and O–H groups in total. The largest absolute Gasteiger partial charge is 0.450 e. The van der Waals surface area contributed by atoms with Crippen LogP contribution in [-0.2, 0) is 4.74 Å². The zero-order valence-electron chi connectivity index (χ0n) is 13.0. The van der Waals surface area contributed by atoms with Crippen LogP contribution < -0.4 is 5.56 Å². The first-order valence-electron chi connectivity index (χ1n) is 7.22. The lowest BCUT2D eigenvalue weighted by molar-refractivity contribution is 0.0568. The van der Waals surface area contributed by atoms with Gasteiger partial charge in [-0.1, -0.05) is 0 Å². The molecule has 8 nitrogen and oxygen atoms in total. The molecule has 0 atom stereocenters. The summed E-state index contributed by atoms with van der Waals surface area (Å²) in [5.74, 6) is 0.126. The molecule has 0 aliphatic carbocycles. The average Bonchev–Trinajstić information content (AvgIpc) is 2.46. The van der Waals surface area contributed by atoms with Gasteiger partial charge in [-0.05, 0) is 20.8 Å². The Balaban J connectivity index is 2.07. The summed E-state index contributed by atoms with van der Waals surface area (Å²) >= 11 is 0. The Morgan fingerprint density at radius 1 is 1.18 bits per heavy atom. The van der Waals surface area contributed by atoms with Gasteiger partial charge in [0, 0.05) is 26.2 Å². The van der Waals surface area contributed by atoms with Crippen LogP contribution in [0.4, 0.5) is 4.79 Å². The van der Waals surface area contributed by atoms with Gasteiger partial charge in [0.2, 0.25) is 0 Å². The second kappa shape index (κ2) is 6.59. The molecule has 0 bridgehead atoms. The summed E-state index contributed by atoms with van der Waals surface area (Å²) in [6.07, 6.45) is -0.374. The first-order valence-corrected chi connectivity index (χ1v) is 7.22. The van der Waals surface area contributed by atoms with Crippen molar-refractivity contribution in [3.63, 3.8) is 0 Å². The minimum absolute atomic E-state index is 0.0650. The fourth-order valence-corrected chi connectivity index (χ4v) is 2.44. The van der Waals surface area contributed by atoms with Crippen molar-refractivity contribution in [2.75, 3.05) is 32.8 Å². The molecule has 0 aromatic carbocycles. The number of aromatic amines is 1. The van der Waals surface area contributed by atoms with Crippen molar-refractivity contribution in [2.45, 2.75) is 20.8 Å². The fourth-order valence-electron chi connectivity index (χ4n) is 2.44. The highest BCUT2D eigenvalue weighted by atomic mass is 16.6. The zero-order valence-corrected chi connectivity index (χ0v) is 13.0. The summed E-state index contributed by atoms with van der Waals surface area (Å²) in [6.45, 7) is 6.89. The van der Waals surface area contributed by atoms with Gasteiger partial charge in [0.15, 0.2) is 0 Å². The van der Waals surface area contributed by atoms with Gasteiger partial charge in [0.05, 0.1) is 12.3 Å². The Bertz CT molecular complexity index is 632. The van der Waals surface area contributed by atoms with E-state index in [-0.39, 0.29) is 17.6 Å². The summed E-state index contributed by atoms with van der Waals surface area (Å²) in [5, 5.41) is 0. The molecule has 1 fully saturated rings. The van der Waals surface area contributed by atoms with Crippen LogP contribution in [0, 0.1) is 13.8 Å². The monoisotopic (exact) mass is 308 g/mol. The van der Waals surface area contributed by atoms with Gasteiger partial charge in [-0.15, -0.1) is 0 Å². The first-order chi connectivity index (χ1) is 10.4. The molecule has 8 heteroatoms. The van der Waals surface area contributed by atoms with Gasteiger partial charge in [-0.25, -0.2) is 9.78 Å². The number of aryl methyl sites for hydroxylation is 2. The van der Waals surface area contributed by atoms with E-state index in [9.17, 15) is 14.4 Å². The highest BCUT2D eigenvalue weighted by Gasteiger charge is 2.28. The molecular formula is C14H20N4O4. The summed E-state index contributed by atoms with van der Waals surface area (Å²) in [6, 6.07) is 0. The average molecular weight is 308 g/mol. The predicted molar refractivity (Wildman–Crippen MR) is 78.8 cm³/mol. The number of hydrogen-bond donors (Lipinski definition) is 1. The second-order valence-corrected chi connectivity index (χ2v) is 5.09. The van der Waals surface area contributed by atoms with Crippen molar-refractivity contribution < 1.29 is 14.3 Å². The number of nitrogens with one attached hydrogen (secondary N) is 1. The number of H-pyrrole nitrogens is 1. The van der Waals surface area contributed by atoms with Crippen molar-refractivity contribution in [1.82, 2.24) is 19.8 Å². The number of piperazine rings is 1. The van der Waals surface area contributed by atoms with E-state index in [0.29, 0.717) is 44.3 Å². The molecule has 1 aromatic heterocycles. The number of ether oxygens (including phenoxy) is 1. The summed E-state index contributed by atoms with van der Waals surface area (Å²) in [4.78, 5) is 45.9. The van der Waals surface area contributed by atoms with E-state index in [2.05, 4.69) is 9.97 Å². The number of rotatable bonds is 2. The maximum Gasteiger partial charge on any atom is 0.409 e. The van der Waals surface area contributed by atoms with Crippen LogP contribution in [0.15, 0.2) is 4.79 Å². The van der Waals surface area contributed by atoms with Crippen LogP contribution >= 0.6 is 0 Å². The molecular weight excluding hydrogens is 288 g/mol. The number of carbonyl (C=O) groups excluding carboxylic acids is 2.